The Morgan fingerprint density at radius 2 is 2.07 bits per heavy atom. The first-order chi connectivity index (χ1) is 7.13. The Hall–Kier alpha value is -0.570. The van der Waals surface area contributed by atoms with Gasteiger partial charge >= 0.3 is 0 Å². The largest absolute Gasteiger partial charge is 0.354 e. The van der Waals surface area contributed by atoms with Crippen molar-refractivity contribution in [2.24, 2.45) is 11.1 Å². The highest BCUT2D eigenvalue weighted by Crippen LogP contribution is 2.48. The number of amides is 1. The number of carbonyl (C=O) groups excluding carboxylic acids is 1. The fraction of sp³-hybridized carbons (Fsp3) is 0.917. The smallest absolute Gasteiger partial charge is 0.236 e. The Morgan fingerprint density at radius 1 is 1.40 bits per heavy atom. The van der Waals surface area contributed by atoms with Crippen molar-refractivity contribution < 1.29 is 4.79 Å². The Labute approximate surface area is 92.8 Å². The molecule has 0 aromatic heterocycles. The molecule has 1 saturated carbocycles. The normalized spacial score (nSPS) is 19.7. The van der Waals surface area contributed by atoms with Gasteiger partial charge in [0.2, 0.25) is 5.91 Å². The van der Waals surface area contributed by atoms with Crippen LogP contribution in [0, 0.1) is 5.41 Å². The average molecular weight is 212 g/mol. The fourth-order valence-corrected chi connectivity index (χ4v) is 2.07. The molecular weight excluding hydrogens is 188 g/mol. The molecule has 0 heterocycles. The van der Waals surface area contributed by atoms with Crippen LogP contribution in [0.3, 0.4) is 0 Å². The Bertz CT molecular complexity index is 212. The molecule has 0 aliphatic heterocycles. The lowest BCUT2D eigenvalue weighted by molar-refractivity contribution is -0.122. The molecule has 1 rings (SSSR count). The molecule has 88 valence electrons. The molecule has 0 saturated heterocycles. The van der Waals surface area contributed by atoms with E-state index in [4.69, 9.17) is 5.73 Å². The summed E-state index contributed by atoms with van der Waals surface area (Å²) in [7, 11) is 0. The van der Waals surface area contributed by atoms with E-state index in [0.717, 1.165) is 19.4 Å². The zero-order valence-corrected chi connectivity index (χ0v) is 10.0. The Morgan fingerprint density at radius 3 is 2.53 bits per heavy atom. The Balaban J connectivity index is 2.22. The number of hydrogen-bond donors (Lipinski definition) is 2. The van der Waals surface area contributed by atoms with Crippen LogP contribution >= 0.6 is 0 Å². The molecule has 1 atom stereocenters. The molecule has 1 aliphatic rings. The molecule has 3 N–H and O–H groups in total. The molecule has 3 heteroatoms. The third-order valence-electron chi connectivity index (χ3n) is 3.31. The van der Waals surface area contributed by atoms with Gasteiger partial charge in [-0.3, -0.25) is 4.79 Å². The second-order valence-corrected chi connectivity index (χ2v) is 4.86. The molecular formula is C12H24N2O. The molecule has 0 aromatic carbocycles. The number of nitrogens with one attached hydrogen (secondary N) is 1. The maximum absolute atomic E-state index is 11.6. The lowest BCUT2D eigenvalue weighted by Crippen LogP contribution is -2.42. The highest BCUT2D eigenvalue weighted by molar-refractivity contribution is 5.81. The molecule has 0 aromatic rings. The van der Waals surface area contributed by atoms with Crippen LogP contribution in [0.5, 0.6) is 0 Å². The predicted octanol–water partition coefficient (Wildman–Crippen LogP) is 1.81. The van der Waals surface area contributed by atoms with Crippen molar-refractivity contribution in [1.82, 2.24) is 5.32 Å². The van der Waals surface area contributed by atoms with Crippen LogP contribution < -0.4 is 11.1 Å². The van der Waals surface area contributed by atoms with E-state index in [9.17, 15) is 4.79 Å². The van der Waals surface area contributed by atoms with E-state index in [-0.39, 0.29) is 11.9 Å². The average Bonchev–Trinajstić information content (AvgIpc) is 2.96. The molecule has 1 fully saturated rings. The molecule has 0 unspecified atom stereocenters. The zero-order valence-electron chi connectivity index (χ0n) is 10.0. The van der Waals surface area contributed by atoms with E-state index >= 15 is 0 Å². The highest BCUT2D eigenvalue weighted by Gasteiger charge is 2.41. The molecule has 0 bridgehead atoms. The van der Waals surface area contributed by atoms with Gasteiger partial charge in [0.25, 0.3) is 0 Å². The summed E-state index contributed by atoms with van der Waals surface area (Å²) in [5, 5.41) is 2.99. The van der Waals surface area contributed by atoms with E-state index in [1.165, 1.54) is 25.7 Å². The van der Waals surface area contributed by atoms with Crippen LogP contribution in [0.4, 0.5) is 0 Å². The Kier molecular flexibility index (Phi) is 4.58. The zero-order chi connectivity index (χ0) is 11.3. The summed E-state index contributed by atoms with van der Waals surface area (Å²) in [6, 6.07) is -0.313. The van der Waals surface area contributed by atoms with Crippen molar-refractivity contribution in [3.8, 4) is 0 Å². The fourth-order valence-electron chi connectivity index (χ4n) is 2.07. The van der Waals surface area contributed by atoms with Crippen LogP contribution in [0.15, 0.2) is 0 Å². The van der Waals surface area contributed by atoms with Crippen molar-refractivity contribution in [1.29, 1.82) is 0 Å². The van der Waals surface area contributed by atoms with Crippen molar-refractivity contribution in [2.45, 2.75) is 58.4 Å². The minimum absolute atomic E-state index is 0.0271. The van der Waals surface area contributed by atoms with E-state index in [1.54, 1.807) is 0 Å². The molecule has 0 radical (unpaired) electrons. The van der Waals surface area contributed by atoms with Crippen LogP contribution in [-0.2, 0) is 4.79 Å². The lowest BCUT2D eigenvalue weighted by Gasteiger charge is -2.17. The van der Waals surface area contributed by atoms with Gasteiger partial charge in [-0.25, -0.2) is 0 Å². The number of hydrogen-bond acceptors (Lipinski definition) is 2. The SMILES string of the molecule is CCC[C@@H](N)C(=O)NCC1(CCC)CC1. The standard InChI is InChI=1S/C12H24N2O/c1-3-5-10(13)11(15)14-9-12(6-4-2)7-8-12/h10H,3-9,13H2,1-2H3,(H,14,15)/t10-/m1/s1. The molecule has 15 heavy (non-hydrogen) atoms. The van der Waals surface area contributed by atoms with Crippen LogP contribution in [0.2, 0.25) is 0 Å². The van der Waals surface area contributed by atoms with Gasteiger partial charge < -0.3 is 11.1 Å². The van der Waals surface area contributed by atoms with Crippen molar-refractivity contribution in [3.63, 3.8) is 0 Å². The third-order valence-corrected chi connectivity index (χ3v) is 3.31. The molecule has 0 spiro atoms. The maximum atomic E-state index is 11.6. The van der Waals surface area contributed by atoms with Gasteiger partial charge in [0.15, 0.2) is 0 Å². The summed E-state index contributed by atoms with van der Waals surface area (Å²) in [4.78, 5) is 11.6. The minimum atomic E-state index is -0.313. The topological polar surface area (TPSA) is 55.1 Å². The maximum Gasteiger partial charge on any atom is 0.236 e. The molecule has 1 aliphatic carbocycles. The summed E-state index contributed by atoms with van der Waals surface area (Å²) < 4.78 is 0. The second-order valence-electron chi connectivity index (χ2n) is 4.86. The summed E-state index contributed by atoms with van der Waals surface area (Å²) >= 11 is 0. The first-order valence-corrected chi connectivity index (χ1v) is 6.17. The van der Waals surface area contributed by atoms with Crippen molar-refractivity contribution in [3.05, 3.63) is 0 Å². The third kappa shape index (κ3) is 3.82. The summed E-state index contributed by atoms with van der Waals surface area (Å²) in [6.07, 6.45) is 6.72. The van der Waals surface area contributed by atoms with Crippen molar-refractivity contribution in [2.75, 3.05) is 6.54 Å². The van der Waals surface area contributed by atoms with Gasteiger partial charge in [0.05, 0.1) is 6.04 Å². The van der Waals surface area contributed by atoms with Gasteiger partial charge in [-0.05, 0) is 31.1 Å². The van der Waals surface area contributed by atoms with Gasteiger partial charge in [0.1, 0.15) is 0 Å². The quantitative estimate of drug-likeness (QED) is 0.676. The first-order valence-electron chi connectivity index (χ1n) is 6.17. The molecule has 1 amide bonds. The van der Waals surface area contributed by atoms with Crippen LogP contribution in [0.1, 0.15) is 52.4 Å². The van der Waals surface area contributed by atoms with Crippen molar-refractivity contribution >= 4 is 5.91 Å². The summed E-state index contributed by atoms with van der Waals surface area (Å²) in [5.41, 5.74) is 6.17. The first kappa shape index (κ1) is 12.5. The van der Waals surface area contributed by atoms with Gasteiger partial charge in [-0.2, -0.15) is 0 Å². The highest BCUT2D eigenvalue weighted by atomic mass is 16.2. The van der Waals surface area contributed by atoms with E-state index in [2.05, 4.69) is 12.2 Å². The van der Waals surface area contributed by atoms with E-state index in [0.29, 0.717) is 5.41 Å². The van der Waals surface area contributed by atoms with Gasteiger partial charge in [-0.15, -0.1) is 0 Å². The van der Waals surface area contributed by atoms with Crippen LogP contribution in [-0.4, -0.2) is 18.5 Å². The number of nitrogens with two attached hydrogens (primary N) is 1. The number of rotatable bonds is 7. The van der Waals surface area contributed by atoms with E-state index < -0.39 is 0 Å². The number of carbonyl (C=O) groups is 1. The monoisotopic (exact) mass is 212 g/mol. The molecule has 3 nitrogen and oxygen atoms in total. The lowest BCUT2D eigenvalue weighted by atomic mass is 10.0. The van der Waals surface area contributed by atoms with Gasteiger partial charge in [0, 0.05) is 6.54 Å². The minimum Gasteiger partial charge on any atom is -0.354 e. The summed E-state index contributed by atoms with van der Waals surface area (Å²) in [6.45, 7) is 5.08. The van der Waals surface area contributed by atoms with E-state index in [1.807, 2.05) is 6.92 Å². The second kappa shape index (κ2) is 5.50. The predicted molar refractivity (Wildman–Crippen MR) is 62.5 cm³/mol. The summed E-state index contributed by atoms with van der Waals surface area (Å²) in [5.74, 6) is 0.0271. The van der Waals surface area contributed by atoms with Crippen LogP contribution in [0.25, 0.3) is 0 Å². The van der Waals surface area contributed by atoms with Gasteiger partial charge in [-0.1, -0.05) is 26.7 Å².